The molecule has 2 aromatic rings. The van der Waals surface area contributed by atoms with Crippen molar-refractivity contribution in [1.82, 2.24) is 19.7 Å². The van der Waals surface area contributed by atoms with E-state index in [2.05, 4.69) is 15.1 Å². The first-order chi connectivity index (χ1) is 7.20. The molecule has 0 atom stereocenters. The SMILES string of the molecule is Cn1ncc(Cl)c1C(=O)c1ccncn1. The van der Waals surface area contributed by atoms with E-state index in [1.165, 1.54) is 29.5 Å². The molecule has 15 heavy (non-hydrogen) atoms. The summed E-state index contributed by atoms with van der Waals surface area (Å²) in [5.41, 5.74) is 0.630. The molecule has 0 radical (unpaired) electrons. The van der Waals surface area contributed by atoms with Crippen LogP contribution < -0.4 is 0 Å². The summed E-state index contributed by atoms with van der Waals surface area (Å²) in [6.45, 7) is 0. The summed E-state index contributed by atoms with van der Waals surface area (Å²) in [4.78, 5) is 19.5. The second-order valence-electron chi connectivity index (χ2n) is 2.89. The summed E-state index contributed by atoms with van der Waals surface area (Å²) >= 11 is 5.84. The van der Waals surface area contributed by atoms with Crippen molar-refractivity contribution in [2.24, 2.45) is 7.05 Å². The summed E-state index contributed by atoms with van der Waals surface area (Å²) < 4.78 is 1.42. The van der Waals surface area contributed by atoms with Gasteiger partial charge in [-0.2, -0.15) is 5.10 Å². The molecular formula is C9H7ClN4O. The van der Waals surface area contributed by atoms with Gasteiger partial charge in [-0.15, -0.1) is 0 Å². The van der Waals surface area contributed by atoms with Crippen molar-refractivity contribution in [3.05, 3.63) is 41.2 Å². The molecule has 2 aromatic heterocycles. The van der Waals surface area contributed by atoms with E-state index in [0.717, 1.165) is 0 Å². The Kier molecular flexibility index (Phi) is 2.47. The average molecular weight is 223 g/mol. The number of ketones is 1. The summed E-state index contributed by atoms with van der Waals surface area (Å²) in [6, 6.07) is 1.53. The van der Waals surface area contributed by atoms with Crippen molar-refractivity contribution in [3.63, 3.8) is 0 Å². The summed E-state index contributed by atoms with van der Waals surface area (Å²) in [6.07, 6.45) is 4.25. The Labute approximate surface area is 90.7 Å². The molecule has 6 heteroatoms. The summed E-state index contributed by atoms with van der Waals surface area (Å²) in [7, 11) is 1.65. The third-order valence-electron chi connectivity index (χ3n) is 1.92. The van der Waals surface area contributed by atoms with Crippen molar-refractivity contribution < 1.29 is 4.79 Å². The first kappa shape index (κ1) is 9.79. The van der Waals surface area contributed by atoms with Gasteiger partial charge < -0.3 is 0 Å². The zero-order valence-corrected chi connectivity index (χ0v) is 8.64. The molecule has 0 fully saturated rings. The van der Waals surface area contributed by atoms with Crippen molar-refractivity contribution in [1.29, 1.82) is 0 Å². The Morgan fingerprint density at radius 3 is 2.87 bits per heavy atom. The molecule has 0 aromatic carbocycles. The molecule has 76 valence electrons. The second kappa shape index (κ2) is 3.78. The van der Waals surface area contributed by atoms with Gasteiger partial charge in [0.2, 0.25) is 5.78 Å². The Balaban J connectivity index is 2.46. The monoisotopic (exact) mass is 222 g/mol. The van der Waals surface area contributed by atoms with Crippen LogP contribution >= 0.6 is 11.6 Å². The van der Waals surface area contributed by atoms with E-state index in [4.69, 9.17) is 11.6 Å². The lowest BCUT2D eigenvalue weighted by Gasteiger charge is -2.00. The zero-order chi connectivity index (χ0) is 10.8. The number of aromatic nitrogens is 4. The van der Waals surface area contributed by atoms with Gasteiger partial charge in [0.25, 0.3) is 0 Å². The highest BCUT2D eigenvalue weighted by molar-refractivity contribution is 6.34. The van der Waals surface area contributed by atoms with Gasteiger partial charge in [0.1, 0.15) is 17.7 Å². The number of aryl methyl sites for hydroxylation is 1. The van der Waals surface area contributed by atoms with E-state index in [-0.39, 0.29) is 5.78 Å². The Morgan fingerprint density at radius 1 is 1.53 bits per heavy atom. The molecule has 0 saturated heterocycles. The lowest BCUT2D eigenvalue weighted by Crippen LogP contribution is -2.10. The van der Waals surface area contributed by atoms with Crippen LogP contribution in [0.3, 0.4) is 0 Å². The number of hydrogen-bond acceptors (Lipinski definition) is 4. The maximum absolute atomic E-state index is 11.9. The molecule has 0 amide bonds. The van der Waals surface area contributed by atoms with E-state index in [1.54, 1.807) is 7.05 Å². The fourth-order valence-electron chi connectivity index (χ4n) is 1.21. The van der Waals surface area contributed by atoms with Gasteiger partial charge in [0.05, 0.1) is 11.2 Å². The van der Waals surface area contributed by atoms with Gasteiger partial charge in [0, 0.05) is 13.2 Å². The number of carbonyl (C=O) groups is 1. The fourth-order valence-corrected chi connectivity index (χ4v) is 1.46. The first-order valence-corrected chi connectivity index (χ1v) is 4.56. The maximum atomic E-state index is 11.9. The van der Waals surface area contributed by atoms with Gasteiger partial charge in [-0.05, 0) is 6.07 Å². The van der Waals surface area contributed by atoms with Crippen molar-refractivity contribution in [3.8, 4) is 0 Å². The molecule has 0 aliphatic carbocycles. The van der Waals surface area contributed by atoms with Crippen LogP contribution in [-0.2, 0) is 7.05 Å². The van der Waals surface area contributed by atoms with E-state index >= 15 is 0 Å². The van der Waals surface area contributed by atoms with Crippen LogP contribution in [0.4, 0.5) is 0 Å². The van der Waals surface area contributed by atoms with Gasteiger partial charge in [-0.3, -0.25) is 9.48 Å². The van der Waals surface area contributed by atoms with Crippen LogP contribution in [-0.4, -0.2) is 25.5 Å². The van der Waals surface area contributed by atoms with E-state index < -0.39 is 0 Å². The van der Waals surface area contributed by atoms with Gasteiger partial charge in [0.15, 0.2) is 0 Å². The molecule has 2 heterocycles. The highest BCUT2D eigenvalue weighted by Gasteiger charge is 2.18. The van der Waals surface area contributed by atoms with Gasteiger partial charge >= 0.3 is 0 Å². The van der Waals surface area contributed by atoms with Crippen molar-refractivity contribution in [2.75, 3.05) is 0 Å². The molecule has 0 N–H and O–H groups in total. The summed E-state index contributed by atoms with van der Waals surface area (Å²) in [5, 5.41) is 4.20. The van der Waals surface area contributed by atoms with Crippen LogP contribution in [0.2, 0.25) is 5.02 Å². The molecule has 0 spiro atoms. The topological polar surface area (TPSA) is 60.7 Å². The quantitative estimate of drug-likeness (QED) is 0.714. The zero-order valence-electron chi connectivity index (χ0n) is 7.88. The van der Waals surface area contributed by atoms with Crippen molar-refractivity contribution >= 4 is 17.4 Å². The molecule has 0 aliphatic rings. The number of hydrogen-bond donors (Lipinski definition) is 0. The lowest BCUT2D eigenvalue weighted by atomic mass is 10.2. The van der Waals surface area contributed by atoms with Crippen molar-refractivity contribution in [2.45, 2.75) is 0 Å². The van der Waals surface area contributed by atoms with Crippen LogP contribution in [0.1, 0.15) is 16.2 Å². The van der Waals surface area contributed by atoms with E-state index in [1.807, 2.05) is 0 Å². The fraction of sp³-hybridized carbons (Fsp3) is 0.111. The largest absolute Gasteiger partial charge is 0.285 e. The highest BCUT2D eigenvalue weighted by atomic mass is 35.5. The van der Waals surface area contributed by atoms with Gasteiger partial charge in [-0.25, -0.2) is 9.97 Å². The van der Waals surface area contributed by atoms with E-state index in [9.17, 15) is 4.79 Å². The lowest BCUT2D eigenvalue weighted by molar-refractivity contribution is 0.102. The third-order valence-corrected chi connectivity index (χ3v) is 2.20. The number of nitrogens with zero attached hydrogens (tertiary/aromatic N) is 4. The van der Waals surface area contributed by atoms with Crippen LogP contribution in [0, 0.1) is 0 Å². The Hall–Kier alpha value is -1.75. The predicted molar refractivity (Wildman–Crippen MR) is 53.7 cm³/mol. The molecule has 2 rings (SSSR count). The van der Waals surface area contributed by atoms with Crippen LogP contribution in [0.15, 0.2) is 24.8 Å². The molecular weight excluding hydrogens is 216 g/mol. The Bertz CT molecular complexity index is 475. The van der Waals surface area contributed by atoms with E-state index in [0.29, 0.717) is 16.4 Å². The smallest absolute Gasteiger partial charge is 0.230 e. The number of halogens is 1. The first-order valence-electron chi connectivity index (χ1n) is 4.18. The molecule has 5 nitrogen and oxygen atoms in total. The minimum absolute atomic E-state index is 0.262. The van der Waals surface area contributed by atoms with Crippen LogP contribution in [0.5, 0.6) is 0 Å². The number of rotatable bonds is 2. The predicted octanol–water partition coefficient (Wildman–Crippen LogP) is 1.09. The molecule has 0 bridgehead atoms. The second-order valence-corrected chi connectivity index (χ2v) is 3.30. The standard InChI is InChI=1S/C9H7ClN4O/c1-14-8(6(10)4-13-14)9(15)7-2-3-11-5-12-7/h2-5H,1H3. The maximum Gasteiger partial charge on any atom is 0.230 e. The summed E-state index contributed by atoms with van der Waals surface area (Å²) in [5.74, 6) is -0.262. The minimum atomic E-state index is -0.262. The van der Waals surface area contributed by atoms with Crippen LogP contribution in [0.25, 0.3) is 0 Å². The number of carbonyl (C=O) groups excluding carboxylic acids is 1. The van der Waals surface area contributed by atoms with Gasteiger partial charge in [-0.1, -0.05) is 11.6 Å². The highest BCUT2D eigenvalue weighted by Crippen LogP contribution is 2.16. The molecule has 0 aliphatic heterocycles. The molecule has 0 saturated carbocycles. The molecule has 0 unspecified atom stereocenters. The minimum Gasteiger partial charge on any atom is -0.285 e. The Morgan fingerprint density at radius 2 is 2.33 bits per heavy atom. The average Bonchev–Trinajstić information content (AvgIpc) is 2.59. The third kappa shape index (κ3) is 1.73. The normalized spacial score (nSPS) is 10.3.